The quantitative estimate of drug-likeness (QED) is 0.588. The molecule has 2 aliphatic heterocycles. The molecule has 1 unspecified atom stereocenters. The molecule has 0 aliphatic carbocycles. The van der Waals surface area contributed by atoms with Gasteiger partial charge in [-0.1, -0.05) is 12.2 Å². The van der Waals surface area contributed by atoms with Gasteiger partial charge in [0.25, 0.3) is 0 Å². The fourth-order valence-corrected chi connectivity index (χ4v) is 2.47. The van der Waals surface area contributed by atoms with E-state index in [-0.39, 0.29) is 12.1 Å². The molecule has 0 bridgehead atoms. The smallest absolute Gasteiger partial charge is 0.115 e. The van der Waals surface area contributed by atoms with E-state index in [0.29, 0.717) is 13.0 Å². The van der Waals surface area contributed by atoms with Crippen molar-refractivity contribution < 1.29 is 9.50 Å². The second-order valence-electron chi connectivity index (χ2n) is 3.99. The number of fused-ring (bicyclic) bond motifs is 1. The fraction of sp³-hybridized carbons (Fsp3) is 0.778. The molecule has 0 amide bonds. The van der Waals surface area contributed by atoms with Crippen LogP contribution in [0.3, 0.4) is 0 Å². The van der Waals surface area contributed by atoms with E-state index < -0.39 is 6.17 Å². The minimum absolute atomic E-state index is 0.0619. The Labute approximate surface area is 71.7 Å². The normalized spacial score (nSPS) is 42.2. The number of halogens is 1. The van der Waals surface area contributed by atoms with Crippen molar-refractivity contribution in [2.45, 2.75) is 24.6 Å². The van der Waals surface area contributed by atoms with Crippen molar-refractivity contribution in [2.75, 3.05) is 19.7 Å². The van der Waals surface area contributed by atoms with Crippen LogP contribution >= 0.6 is 0 Å². The van der Waals surface area contributed by atoms with Crippen LogP contribution in [-0.2, 0) is 0 Å². The summed E-state index contributed by atoms with van der Waals surface area (Å²) in [6.45, 7) is 5.18. The highest BCUT2D eigenvalue weighted by molar-refractivity contribution is 5.18. The molecule has 3 heteroatoms. The molecule has 1 N–H and O–H groups in total. The maximum Gasteiger partial charge on any atom is 0.115 e. The van der Waals surface area contributed by atoms with Crippen molar-refractivity contribution >= 4 is 0 Å². The van der Waals surface area contributed by atoms with E-state index in [1.807, 2.05) is 4.90 Å². The van der Waals surface area contributed by atoms with Gasteiger partial charge in [0, 0.05) is 19.5 Å². The fourth-order valence-electron chi connectivity index (χ4n) is 2.47. The predicted octanol–water partition coefficient (Wildman–Crippen LogP) is 0.721. The van der Waals surface area contributed by atoms with Crippen LogP contribution in [0, 0.1) is 0 Å². The SMILES string of the molecule is C=C1CN2C[C@H](F)CC2(CO)C1. The first-order chi connectivity index (χ1) is 5.66. The molecule has 0 saturated carbocycles. The molecule has 2 aliphatic rings. The van der Waals surface area contributed by atoms with E-state index in [2.05, 4.69) is 6.58 Å². The second-order valence-corrected chi connectivity index (χ2v) is 3.99. The molecule has 0 aromatic heterocycles. The lowest BCUT2D eigenvalue weighted by Crippen LogP contribution is -2.41. The molecule has 2 heterocycles. The Morgan fingerprint density at radius 1 is 1.75 bits per heavy atom. The van der Waals surface area contributed by atoms with E-state index in [0.717, 1.165) is 18.5 Å². The maximum atomic E-state index is 13.0. The number of aliphatic hydroxyl groups excluding tert-OH is 1. The van der Waals surface area contributed by atoms with E-state index >= 15 is 0 Å². The second kappa shape index (κ2) is 2.54. The zero-order valence-electron chi connectivity index (χ0n) is 7.09. The Hall–Kier alpha value is -0.410. The Morgan fingerprint density at radius 2 is 2.50 bits per heavy atom. The summed E-state index contributed by atoms with van der Waals surface area (Å²) in [4.78, 5) is 2.03. The summed E-state index contributed by atoms with van der Waals surface area (Å²) < 4.78 is 13.0. The molecule has 68 valence electrons. The molecule has 2 saturated heterocycles. The number of rotatable bonds is 1. The van der Waals surface area contributed by atoms with Crippen molar-refractivity contribution in [3.63, 3.8) is 0 Å². The summed E-state index contributed by atoms with van der Waals surface area (Å²) in [6, 6.07) is 0. The first-order valence-corrected chi connectivity index (χ1v) is 4.33. The maximum absolute atomic E-state index is 13.0. The zero-order valence-corrected chi connectivity index (χ0v) is 7.09. The molecule has 2 rings (SSSR count). The lowest BCUT2D eigenvalue weighted by atomic mass is 9.93. The Morgan fingerprint density at radius 3 is 3.08 bits per heavy atom. The van der Waals surface area contributed by atoms with E-state index in [9.17, 15) is 9.50 Å². The third kappa shape index (κ3) is 1.00. The summed E-state index contributed by atoms with van der Waals surface area (Å²) in [5.41, 5.74) is 0.826. The van der Waals surface area contributed by atoms with Gasteiger partial charge in [0.1, 0.15) is 6.17 Å². The minimum Gasteiger partial charge on any atom is -0.394 e. The van der Waals surface area contributed by atoms with Gasteiger partial charge in [-0.05, 0) is 6.42 Å². The van der Waals surface area contributed by atoms with E-state index in [1.54, 1.807) is 0 Å². The highest BCUT2D eigenvalue weighted by Gasteiger charge is 2.49. The van der Waals surface area contributed by atoms with Crippen LogP contribution in [0.4, 0.5) is 4.39 Å². The molecule has 2 nitrogen and oxygen atoms in total. The zero-order chi connectivity index (χ0) is 8.77. The van der Waals surface area contributed by atoms with Gasteiger partial charge in [0.15, 0.2) is 0 Å². The first kappa shape index (κ1) is 8.20. The van der Waals surface area contributed by atoms with Gasteiger partial charge in [-0.2, -0.15) is 0 Å². The predicted molar refractivity (Wildman–Crippen MR) is 44.7 cm³/mol. The molecule has 0 aromatic rings. The van der Waals surface area contributed by atoms with Gasteiger partial charge in [0.05, 0.1) is 12.1 Å². The van der Waals surface area contributed by atoms with Crippen LogP contribution in [-0.4, -0.2) is 41.4 Å². The number of hydrogen-bond acceptors (Lipinski definition) is 2. The average molecular weight is 171 g/mol. The van der Waals surface area contributed by atoms with E-state index in [1.165, 1.54) is 0 Å². The van der Waals surface area contributed by atoms with Crippen LogP contribution < -0.4 is 0 Å². The summed E-state index contributed by atoms with van der Waals surface area (Å²) in [5.74, 6) is 0. The van der Waals surface area contributed by atoms with Crippen molar-refractivity contribution in [1.82, 2.24) is 4.90 Å². The van der Waals surface area contributed by atoms with Crippen LogP contribution in [0.1, 0.15) is 12.8 Å². The molecular formula is C9H14FNO. The largest absolute Gasteiger partial charge is 0.394 e. The van der Waals surface area contributed by atoms with Crippen molar-refractivity contribution in [3.8, 4) is 0 Å². The van der Waals surface area contributed by atoms with Crippen LogP contribution in [0.5, 0.6) is 0 Å². The van der Waals surface area contributed by atoms with Crippen LogP contribution in [0.25, 0.3) is 0 Å². The van der Waals surface area contributed by atoms with E-state index in [4.69, 9.17) is 0 Å². The molecule has 2 fully saturated rings. The third-order valence-corrected chi connectivity index (χ3v) is 2.98. The highest BCUT2D eigenvalue weighted by Crippen LogP contribution is 2.41. The minimum atomic E-state index is -0.759. The molecular weight excluding hydrogens is 157 g/mol. The van der Waals surface area contributed by atoms with Gasteiger partial charge in [0.2, 0.25) is 0 Å². The summed E-state index contributed by atoms with van der Waals surface area (Å²) in [6.07, 6.45) is 0.483. The highest BCUT2D eigenvalue weighted by atomic mass is 19.1. The Kier molecular flexibility index (Phi) is 1.73. The number of hydrogen-bond donors (Lipinski definition) is 1. The van der Waals surface area contributed by atoms with Crippen LogP contribution in [0.2, 0.25) is 0 Å². The van der Waals surface area contributed by atoms with Gasteiger partial charge in [-0.15, -0.1) is 0 Å². The number of alkyl halides is 1. The Balaban J connectivity index is 2.21. The topological polar surface area (TPSA) is 23.5 Å². The average Bonchev–Trinajstić information content (AvgIpc) is 2.40. The molecule has 0 radical (unpaired) electrons. The molecule has 0 aromatic carbocycles. The lowest BCUT2D eigenvalue weighted by molar-refractivity contribution is 0.0997. The van der Waals surface area contributed by atoms with Gasteiger partial charge in [-0.25, -0.2) is 4.39 Å². The molecule has 12 heavy (non-hydrogen) atoms. The Bertz CT molecular complexity index is 219. The van der Waals surface area contributed by atoms with Gasteiger partial charge in [-0.3, -0.25) is 4.90 Å². The summed E-state index contributed by atoms with van der Waals surface area (Å²) in [5, 5.41) is 9.21. The van der Waals surface area contributed by atoms with Gasteiger partial charge < -0.3 is 5.11 Å². The summed E-state index contributed by atoms with van der Waals surface area (Å²) >= 11 is 0. The van der Waals surface area contributed by atoms with Crippen molar-refractivity contribution in [2.24, 2.45) is 0 Å². The first-order valence-electron chi connectivity index (χ1n) is 4.33. The lowest BCUT2D eigenvalue weighted by Gasteiger charge is -2.28. The van der Waals surface area contributed by atoms with Crippen molar-refractivity contribution in [1.29, 1.82) is 0 Å². The standard InChI is InChI=1S/C9H14FNO/c1-7-2-9(6-12)3-8(10)5-11(9)4-7/h8,12H,1-6H2/t8-,9?/m1/s1. The molecule has 2 atom stereocenters. The monoisotopic (exact) mass is 171 g/mol. The molecule has 0 spiro atoms. The number of nitrogens with zero attached hydrogens (tertiary/aromatic N) is 1. The number of aliphatic hydroxyl groups is 1. The summed E-state index contributed by atoms with van der Waals surface area (Å²) in [7, 11) is 0. The third-order valence-electron chi connectivity index (χ3n) is 2.98. The van der Waals surface area contributed by atoms with Crippen LogP contribution in [0.15, 0.2) is 12.2 Å². The van der Waals surface area contributed by atoms with Gasteiger partial charge >= 0.3 is 0 Å². The van der Waals surface area contributed by atoms with Crippen molar-refractivity contribution in [3.05, 3.63) is 12.2 Å².